The number of fused-ring (bicyclic) bond motifs is 1. The molecular weight excluding hydrogens is 384 g/mol. The van der Waals surface area contributed by atoms with Crippen molar-refractivity contribution in [3.8, 4) is 0 Å². The Morgan fingerprint density at radius 2 is 1.79 bits per heavy atom. The van der Waals surface area contributed by atoms with Gasteiger partial charge in [0.2, 0.25) is 10.0 Å². The molecule has 28 heavy (non-hydrogen) atoms. The molecule has 0 saturated heterocycles. The van der Waals surface area contributed by atoms with Gasteiger partial charge in [-0.25, -0.2) is 13.2 Å². The Morgan fingerprint density at radius 3 is 2.39 bits per heavy atom. The van der Waals surface area contributed by atoms with Crippen molar-refractivity contribution in [2.45, 2.75) is 23.8 Å². The van der Waals surface area contributed by atoms with Crippen LogP contribution in [0.15, 0.2) is 41.3 Å². The van der Waals surface area contributed by atoms with Gasteiger partial charge in [-0.15, -0.1) is 0 Å². The third-order valence-corrected chi connectivity index (χ3v) is 5.72. The third kappa shape index (κ3) is 5.11. The molecular formula is C18H24N4O5S. The third-order valence-electron chi connectivity index (χ3n) is 4.19. The molecule has 0 fully saturated rings. The summed E-state index contributed by atoms with van der Waals surface area (Å²) in [6.07, 6.45) is 0.255. The number of amides is 2. The normalized spacial score (nSPS) is 12.5. The van der Waals surface area contributed by atoms with Crippen molar-refractivity contribution in [1.82, 2.24) is 10.0 Å². The highest BCUT2D eigenvalue weighted by Gasteiger charge is 2.26. The lowest BCUT2D eigenvalue weighted by molar-refractivity contribution is -0.139. The maximum absolute atomic E-state index is 12.9. The SMILES string of the molecule is CN(C)c1cccc2c(S(=O)(=O)N[C@@H](CCCNC(N)=O)C(=O)O)cccc12. The molecule has 5 N–H and O–H groups in total. The maximum Gasteiger partial charge on any atom is 0.321 e. The van der Waals surface area contributed by atoms with Crippen LogP contribution < -0.4 is 20.7 Å². The monoisotopic (exact) mass is 408 g/mol. The second-order valence-corrected chi connectivity index (χ2v) is 8.15. The number of hydrogen-bond acceptors (Lipinski definition) is 5. The van der Waals surface area contributed by atoms with E-state index in [1.165, 1.54) is 6.07 Å². The first-order valence-corrected chi connectivity index (χ1v) is 10.1. The second kappa shape index (κ2) is 8.89. The zero-order chi connectivity index (χ0) is 20.9. The highest BCUT2D eigenvalue weighted by atomic mass is 32.2. The summed E-state index contributed by atoms with van der Waals surface area (Å²) in [4.78, 5) is 24.1. The van der Waals surface area contributed by atoms with E-state index in [2.05, 4.69) is 10.0 Å². The first kappa shape index (κ1) is 21.5. The zero-order valence-electron chi connectivity index (χ0n) is 15.7. The average Bonchev–Trinajstić information content (AvgIpc) is 2.62. The van der Waals surface area contributed by atoms with Crippen LogP contribution in [-0.2, 0) is 14.8 Å². The molecule has 0 aliphatic carbocycles. The molecule has 2 amide bonds. The summed E-state index contributed by atoms with van der Waals surface area (Å²) in [6.45, 7) is 0.154. The Kier molecular flexibility index (Phi) is 6.81. The van der Waals surface area contributed by atoms with E-state index in [4.69, 9.17) is 5.73 Å². The van der Waals surface area contributed by atoms with Gasteiger partial charge in [0, 0.05) is 37.1 Å². The van der Waals surface area contributed by atoms with Crippen LogP contribution in [0.2, 0.25) is 0 Å². The molecule has 0 aromatic heterocycles. The molecule has 2 aromatic carbocycles. The Morgan fingerprint density at radius 1 is 1.14 bits per heavy atom. The number of anilines is 1. The molecule has 2 aromatic rings. The molecule has 0 saturated carbocycles. The molecule has 0 aliphatic heterocycles. The van der Waals surface area contributed by atoms with Crippen LogP contribution in [0.25, 0.3) is 10.8 Å². The number of carboxylic acid groups (broad SMARTS) is 1. The molecule has 0 radical (unpaired) electrons. The van der Waals surface area contributed by atoms with Crippen molar-refractivity contribution in [2.75, 3.05) is 25.5 Å². The van der Waals surface area contributed by atoms with Crippen molar-refractivity contribution >= 4 is 38.5 Å². The number of carbonyl (C=O) groups excluding carboxylic acids is 1. The Bertz CT molecular complexity index is 975. The van der Waals surface area contributed by atoms with Gasteiger partial charge in [-0.3, -0.25) is 4.79 Å². The van der Waals surface area contributed by atoms with Gasteiger partial charge in [-0.05, 0) is 25.0 Å². The molecule has 152 valence electrons. The summed E-state index contributed by atoms with van der Waals surface area (Å²) < 4.78 is 28.1. The highest BCUT2D eigenvalue weighted by molar-refractivity contribution is 7.89. The van der Waals surface area contributed by atoms with E-state index in [1.807, 2.05) is 31.1 Å². The number of primary amides is 1. The predicted molar refractivity (Wildman–Crippen MR) is 107 cm³/mol. The number of hydrogen-bond donors (Lipinski definition) is 4. The maximum atomic E-state index is 12.9. The smallest absolute Gasteiger partial charge is 0.321 e. The quantitative estimate of drug-likeness (QED) is 0.458. The van der Waals surface area contributed by atoms with E-state index in [-0.39, 0.29) is 24.3 Å². The minimum atomic E-state index is -4.09. The Balaban J connectivity index is 2.31. The summed E-state index contributed by atoms with van der Waals surface area (Å²) in [5.74, 6) is -1.29. The van der Waals surface area contributed by atoms with Crippen molar-refractivity contribution in [1.29, 1.82) is 0 Å². The van der Waals surface area contributed by atoms with E-state index in [9.17, 15) is 23.1 Å². The zero-order valence-corrected chi connectivity index (χ0v) is 16.5. The Labute approximate surface area is 163 Å². The number of nitrogens with zero attached hydrogens (tertiary/aromatic N) is 1. The highest BCUT2D eigenvalue weighted by Crippen LogP contribution is 2.30. The van der Waals surface area contributed by atoms with Gasteiger partial charge in [0.15, 0.2) is 0 Å². The van der Waals surface area contributed by atoms with Gasteiger partial charge in [0.25, 0.3) is 0 Å². The molecule has 0 bridgehead atoms. The van der Waals surface area contributed by atoms with E-state index < -0.39 is 28.1 Å². The van der Waals surface area contributed by atoms with Crippen LogP contribution in [0.4, 0.5) is 10.5 Å². The summed E-state index contributed by atoms with van der Waals surface area (Å²) in [5.41, 5.74) is 5.80. The topological polar surface area (TPSA) is 142 Å². The van der Waals surface area contributed by atoms with Crippen LogP contribution in [0.3, 0.4) is 0 Å². The summed E-state index contributed by atoms with van der Waals surface area (Å²) in [5, 5.41) is 13.0. The van der Waals surface area contributed by atoms with Crippen molar-refractivity contribution in [3.05, 3.63) is 36.4 Å². The molecule has 2 rings (SSSR count). The lowest BCUT2D eigenvalue weighted by Gasteiger charge is -2.18. The Hall–Kier alpha value is -2.85. The molecule has 0 aliphatic rings. The number of carboxylic acids is 1. The van der Waals surface area contributed by atoms with E-state index >= 15 is 0 Å². The van der Waals surface area contributed by atoms with Gasteiger partial charge in [0.1, 0.15) is 6.04 Å². The standard InChI is InChI=1S/C18H24N4O5S/c1-22(2)15-9-3-7-13-12(15)6-4-10-16(13)28(26,27)21-14(17(23)24)8-5-11-20-18(19)25/h3-4,6-7,9-10,14,21H,5,8,11H2,1-2H3,(H,23,24)(H3,19,20,25)/t14-/m0/s1. The van der Waals surface area contributed by atoms with Gasteiger partial charge in [-0.2, -0.15) is 4.72 Å². The average molecular weight is 408 g/mol. The number of nitrogens with two attached hydrogens (primary N) is 1. The van der Waals surface area contributed by atoms with E-state index in [0.29, 0.717) is 5.39 Å². The van der Waals surface area contributed by atoms with Gasteiger partial charge < -0.3 is 21.1 Å². The number of benzene rings is 2. The van der Waals surface area contributed by atoms with Crippen molar-refractivity contribution < 1.29 is 23.1 Å². The first-order chi connectivity index (χ1) is 13.1. The molecule has 0 spiro atoms. The van der Waals surface area contributed by atoms with Gasteiger partial charge in [0.05, 0.1) is 4.90 Å². The predicted octanol–water partition coefficient (Wildman–Crippen LogP) is 1.09. The fourth-order valence-electron chi connectivity index (χ4n) is 2.89. The second-order valence-electron chi connectivity index (χ2n) is 6.47. The molecule has 0 heterocycles. The molecule has 10 heteroatoms. The number of nitrogens with one attached hydrogen (secondary N) is 2. The van der Waals surface area contributed by atoms with Gasteiger partial charge in [-0.1, -0.05) is 24.3 Å². The van der Waals surface area contributed by atoms with Crippen LogP contribution in [0, 0.1) is 0 Å². The van der Waals surface area contributed by atoms with Crippen molar-refractivity contribution in [2.24, 2.45) is 5.73 Å². The molecule has 9 nitrogen and oxygen atoms in total. The first-order valence-electron chi connectivity index (χ1n) is 8.61. The summed E-state index contributed by atoms with van der Waals surface area (Å²) in [6, 6.07) is 8.14. The van der Waals surface area contributed by atoms with Gasteiger partial charge >= 0.3 is 12.0 Å². The van der Waals surface area contributed by atoms with E-state index in [1.54, 1.807) is 18.2 Å². The summed E-state index contributed by atoms with van der Waals surface area (Å²) >= 11 is 0. The van der Waals surface area contributed by atoms with Crippen LogP contribution in [0.5, 0.6) is 0 Å². The number of urea groups is 1. The number of carbonyl (C=O) groups is 2. The minimum absolute atomic E-state index is 0.00254. The van der Waals surface area contributed by atoms with Crippen LogP contribution >= 0.6 is 0 Å². The summed E-state index contributed by atoms with van der Waals surface area (Å²) in [7, 11) is -0.377. The number of rotatable bonds is 9. The number of aliphatic carboxylic acids is 1. The fourth-order valence-corrected chi connectivity index (χ4v) is 4.34. The molecule has 0 unspecified atom stereocenters. The minimum Gasteiger partial charge on any atom is -0.480 e. The van der Waals surface area contributed by atoms with E-state index in [0.717, 1.165) is 11.1 Å². The van der Waals surface area contributed by atoms with Crippen molar-refractivity contribution in [3.63, 3.8) is 0 Å². The van der Waals surface area contributed by atoms with Crippen LogP contribution in [0.1, 0.15) is 12.8 Å². The largest absolute Gasteiger partial charge is 0.480 e. The lowest BCUT2D eigenvalue weighted by Crippen LogP contribution is -2.41. The van der Waals surface area contributed by atoms with Crippen LogP contribution in [-0.4, -0.2) is 52.2 Å². The number of sulfonamides is 1. The lowest BCUT2D eigenvalue weighted by atomic mass is 10.1. The fraction of sp³-hybridized carbons (Fsp3) is 0.333. The molecule has 1 atom stereocenters.